The normalized spacial score (nSPS) is 15.1. The van der Waals surface area contributed by atoms with Gasteiger partial charge in [0.2, 0.25) is 0 Å². The van der Waals surface area contributed by atoms with Crippen LogP contribution in [0.5, 0.6) is 0 Å². The van der Waals surface area contributed by atoms with Crippen LogP contribution in [0.15, 0.2) is 42.7 Å². The highest BCUT2D eigenvalue weighted by Crippen LogP contribution is 2.19. The van der Waals surface area contributed by atoms with Crippen LogP contribution in [0.2, 0.25) is 0 Å². The number of imidazole rings is 1. The quantitative estimate of drug-likeness (QED) is 0.849. The maximum absolute atomic E-state index is 4.44. The maximum atomic E-state index is 4.44. The van der Waals surface area contributed by atoms with Crippen molar-refractivity contribution in [2.24, 2.45) is 0 Å². The summed E-state index contributed by atoms with van der Waals surface area (Å²) >= 11 is 0. The van der Waals surface area contributed by atoms with Crippen molar-refractivity contribution >= 4 is 0 Å². The largest absolute Gasteiger partial charge is 0.330 e. The second-order valence-electron chi connectivity index (χ2n) is 4.54. The van der Waals surface area contributed by atoms with Crippen LogP contribution in [-0.2, 0) is 6.54 Å². The topological polar surface area (TPSA) is 29.9 Å². The van der Waals surface area contributed by atoms with Gasteiger partial charge in [-0.3, -0.25) is 0 Å². The van der Waals surface area contributed by atoms with Crippen molar-refractivity contribution in [3.8, 4) is 11.4 Å². The van der Waals surface area contributed by atoms with E-state index in [9.17, 15) is 0 Å². The van der Waals surface area contributed by atoms with Crippen LogP contribution in [0, 0.1) is 0 Å². The fourth-order valence-electron chi connectivity index (χ4n) is 2.01. The van der Waals surface area contributed by atoms with Crippen molar-refractivity contribution < 1.29 is 0 Å². The predicted molar refractivity (Wildman–Crippen MR) is 68.7 cm³/mol. The molecule has 1 aliphatic rings. The first kappa shape index (κ1) is 10.5. The Morgan fingerprint density at radius 1 is 1.24 bits per heavy atom. The van der Waals surface area contributed by atoms with Crippen LogP contribution in [-0.4, -0.2) is 22.1 Å². The highest BCUT2D eigenvalue weighted by Gasteiger charge is 2.19. The SMILES string of the molecule is c1ccc(-c2nccn2CCNC2CC2)cc1. The number of nitrogens with zero attached hydrogens (tertiary/aromatic N) is 2. The number of aromatic nitrogens is 2. The standard InChI is InChI=1S/C14H17N3/c1-2-4-12(5-3-1)14-16-9-11-17(14)10-8-15-13-6-7-13/h1-5,9,11,13,15H,6-8,10H2. The van der Waals surface area contributed by atoms with Crippen LogP contribution in [0.3, 0.4) is 0 Å². The van der Waals surface area contributed by atoms with E-state index in [1.54, 1.807) is 0 Å². The summed E-state index contributed by atoms with van der Waals surface area (Å²) in [5.74, 6) is 1.06. The Morgan fingerprint density at radius 3 is 2.82 bits per heavy atom. The molecular weight excluding hydrogens is 210 g/mol. The van der Waals surface area contributed by atoms with Gasteiger partial charge in [0.25, 0.3) is 0 Å². The van der Waals surface area contributed by atoms with Gasteiger partial charge in [0, 0.05) is 37.1 Å². The summed E-state index contributed by atoms with van der Waals surface area (Å²) in [7, 11) is 0. The van der Waals surface area contributed by atoms with Crippen molar-refractivity contribution in [1.82, 2.24) is 14.9 Å². The van der Waals surface area contributed by atoms with Gasteiger partial charge in [-0.15, -0.1) is 0 Å². The van der Waals surface area contributed by atoms with Gasteiger partial charge in [0.05, 0.1) is 0 Å². The summed E-state index contributed by atoms with van der Waals surface area (Å²) in [5, 5.41) is 3.52. The predicted octanol–water partition coefficient (Wildman–Crippen LogP) is 2.30. The van der Waals surface area contributed by atoms with Crippen molar-refractivity contribution in [3.05, 3.63) is 42.7 Å². The Morgan fingerprint density at radius 2 is 2.06 bits per heavy atom. The minimum atomic E-state index is 0.777. The lowest BCUT2D eigenvalue weighted by molar-refractivity contribution is 0.598. The van der Waals surface area contributed by atoms with Gasteiger partial charge in [0.15, 0.2) is 0 Å². The molecule has 3 rings (SSSR count). The summed E-state index contributed by atoms with van der Waals surface area (Å²) in [6, 6.07) is 11.1. The third kappa shape index (κ3) is 2.56. The fourth-order valence-corrected chi connectivity index (χ4v) is 2.01. The molecule has 1 aliphatic carbocycles. The molecule has 1 aromatic heterocycles. The van der Waals surface area contributed by atoms with Crippen molar-refractivity contribution in [3.63, 3.8) is 0 Å². The Kier molecular flexibility index (Phi) is 2.92. The third-order valence-electron chi connectivity index (χ3n) is 3.11. The molecule has 0 amide bonds. The van der Waals surface area contributed by atoms with E-state index in [4.69, 9.17) is 0 Å². The summed E-state index contributed by atoms with van der Waals surface area (Å²) in [6.07, 6.45) is 6.61. The lowest BCUT2D eigenvalue weighted by Gasteiger charge is -2.08. The van der Waals surface area contributed by atoms with Crippen molar-refractivity contribution in [1.29, 1.82) is 0 Å². The second-order valence-corrected chi connectivity index (χ2v) is 4.54. The maximum Gasteiger partial charge on any atom is 0.139 e. The minimum Gasteiger partial charge on any atom is -0.330 e. The monoisotopic (exact) mass is 227 g/mol. The second kappa shape index (κ2) is 4.72. The molecular formula is C14H17N3. The molecule has 2 aromatic rings. The van der Waals surface area contributed by atoms with Crippen LogP contribution in [0.1, 0.15) is 12.8 Å². The highest BCUT2D eigenvalue weighted by molar-refractivity contribution is 5.55. The molecule has 0 atom stereocenters. The molecule has 88 valence electrons. The molecule has 1 fully saturated rings. The Hall–Kier alpha value is -1.61. The van der Waals surface area contributed by atoms with E-state index in [2.05, 4.69) is 45.3 Å². The van der Waals surface area contributed by atoms with E-state index >= 15 is 0 Å². The van der Waals surface area contributed by atoms with Crippen molar-refractivity contribution in [2.45, 2.75) is 25.4 Å². The molecule has 0 spiro atoms. The number of hydrogen-bond acceptors (Lipinski definition) is 2. The van der Waals surface area contributed by atoms with Crippen molar-refractivity contribution in [2.75, 3.05) is 6.54 Å². The average molecular weight is 227 g/mol. The first-order valence-electron chi connectivity index (χ1n) is 6.23. The van der Waals surface area contributed by atoms with Gasteiger partial charge in [0.1, 0.15) is 5.82 Å². The Labute approximate surface area is 101 Å². The first-order valence-corrected chi connectivity index (χ1v) is 6.23. The van der Waals surface area contributed by atoms with E-state index in [1.807, 2.05) is 12.3 Å². The number of rotatable bonds is 5. The summed E-state index contributed by atoms with van der Waals surface area (Å²) < 4.78 is 2.21. The molecule has 0 saturated heterocycles. The lowest BCUT2D eigenvalue weighted by Crippen LogP contribution is -2.21. The van der Waals surface area contributed by atoms with Crippen LogP contribution in [0.25, 0.3) is 11.4 Å². The van der Waals surface area contributed by atoms with Crippen LogP contribution >= 0.6 is 0 Å². The van der Waals surface area contributed by atoms with E-state index in [0.717, 1.165) is 25.0 Å². The van der Waals surface area contributed by atoms with Gasteiger partial charge < -0.3 is 9.88 Å². The van der Waals surface area contributed by atoms with Gasteiger partial charge in [-0.2, -0.15) is 0 Å². The zero-order chi connectivity index (χ0) is 11.5. The molecule has 1 heterocycles. The molecule has 0 radical (unpaired) electrons. The fraction of sp³-hybridized carbons (Fsp3) is 0.357. The first-order chi connectivity index (χ1) is 8.43. The van der Waals surface area contributed by atoms with Crippen LogP contribution in [0.4, 0.5) is 0 Å². The molecule has 0 unspecified atom stereocenters. The molecule has 0 aliphatic heterocycles. The van der Waals surface area contributed by atoms with Gasteiger partial charge in [-0.25, -0.2) is 4.98 Å². The molecule has 1 aromatic carbocycles. The van der Waals surface area contributed by atoms with Gasteiger partial charge in [-0.1, -0.05) is 30.3 Å². The third-order valence-corrected chi connectivity index (χ3v) is 3.11. The van der Waals surface area contributed by atoms with E-state index < -0.39 is 0 Å². The molecule has 3 heteroatoms. The van der Waals surface area contributed by atoms with Gasteiger partial charge >= 0.3 is 0 Å². The lowest BCUT2D eigenvalue weighted by atomic mass is 10.2. The van der Waals surface area contributed by atoms with E-state index in [1.165, 1.54) is 18.4 Å². The van der Waals surface area contributed by atoms with Gasteiger partial charge in [-0.05, 0) is 12.8 Å². The zero-order valence-electron chi connectivity index (χ0n) is 9.84. The summed E-state index contributed by atoms with van der Waals surface area (Å²) in [5.41, 5.74) is 1.18. The molecule has 1 saturated carbocycles. The average Bonchev–Trinajstić information content (AvgIpc) is 3.07. The minimum absolute atomic E-state index is 0.777. The smallest absolute Gasteiger partial charge is 0.139 e. The van der Waals surface area contributed by atoms with E-state index in [0.29, 0.717) is 0 Å². The molecule has 3 nitrogen and oxygen atoms in total. The van der Waals surface area contributed by atoms with Crippen LogP contribution < -0.4 is 5.32 Å². The number of benzene rings is 1. The number of hydrogen-bond donors (Lipinski definition) is 1. The molecule has 17 heavy (non-hydrogen) atoms. The Balaban J connectivity index is 1.70. The van der Waals surface area contributed by atoms with E-state index in [-0.39, 0.29) is 0 Å². The molecule has 0 bridgehead atoms. The zero-order valence-corrected chi connectivity index (χ0v) is 9.84. The Bertz CT molecular complexity index is 471. The molecule has 1 N–H and O–H groups in total. The highest BCUT2D eigenvalue weighted by atomic mass is 15.1. The summed E-state index contributed by atoms with van der Waals surface area (Å²) in [6.45, 7) is 2.02. The number of nitrogens with one attached hydrogen (secondary N) is 1. The summed E-state index contributed by atoms with van der Waals surface area (Å²) in [4.78, 5) is 4.44.